The topological polar surface area (TPSA) is 76.4 Å². The number of anilines is 2. The van der Waals surface area contributed by atoms with Crippen LogP contribution in [0.1, 0.15) is 30.5 Å². The summed E-state index contributed by atoms with van der Waals surface area (Å²) >= 11 is 0. The predicted molar refractivity (Wildman–Crippen MR) is 116 cm³/mol. The lowest BCUT2D eigenvalue weighted by Crippen LogP contribution is -2.15. The van der Waals surface area contributed by atoms with Crippen LogP contribution in [0.25, 0.3) is 16.6 Å². The summed E-state index contributed by atoms with van der Waals surface area (Å²) in [5, 5.41) is 12.1. The van der Waals surface area contributed by atoms with Gasteiger partial charge in [-0.1, -0.05) is 0 Å². The van der Waals surface area contributed by atoms with Gasteiger partial charge in [-0.25, -0.2) is 14.4 Å². The van der Waals surface area contributed by atoms with Crippen molar-refractivity contribution in [2.45, 2.75) is 26.3 Å². The molecule has 0 aliphatic heterocycles. The summed E-state index contributed by atoms with van der Waals surface area (Å²) in [5.41, 5.74) is 2.97. The standard InChI is InChI=1S/C22H25FN6O/c1-14-18(23)6-5-16-13-17(22(28-21(14)16)25-9-4-12-30-3)15(2)27-20-7-10-24-19-8-11-26-29(19)20/h5-8,10-11,13,15,27H,4,9,12H2,1-3H3,(H,25,28)/t15-/m0/s1. The highest BCUT2D eigenvalue weighted by molar-refractivity contribution is 5.85. The second kappa shape index (κ2) is 8.62. The minimum atomic E-state index is -0.253. The Bertz CT molecular complexity index is 1180. The van der Waals surface area contributed by atoms with E-state index in [1.54, 1.807) is 37.0 Å². The molecule has 0 spiro atoms. The average molecular weight is 408 g/mol. The third-order valence-electron chi connectivity index (χ3n) is 5.14. The lowest BCUT2D eigenvalue weighted by Gasteiger charge is -2.21. The predicted octanol–water partition coefficient (Wildman–Crippen LogP) is 4.35. The number of halogens is 1. The largest absolute Gasteiger partial charge is 0.385 e. The van der Waals surface area contributed by atoms with Crippen molar-refractivity contribution in [2.24, 2.45) is 0 Å². The number of hydrogen-bond acceptors (Lipinski definition) is 6. The molecule has 30 heavy (non-hydrogen) atoms. The quantitative estimate of drug-likeness (QED) is 0.422. The smallest absolute Gasteiger partial charge is 0.157 e. The molecule has 4 rings (SSSR count). The van der Waals surface area contributed by atoms with Gasteiger partial charge >= 0.3 is 0 Å². The van der Waals surface area contributed by atoms with Crippen LogP contribution in [-0.2, 0) is 4.74 Å². The van der Waals surface area contributed by atoms with Crippen LogP contribution in [0.15, 0.2) is 42.7 Å². The number of aryl methyl sites for hydroxylation is 1. The summed E-state index contributed by atoms with van der Waals surface area (Å²) in [6.45, 7) is 5.19. The van der Waals surface area contributed by atoms with Crippen LogP contribution in [-0.4, -0.2) is 39.8 Å². The molecule has 3 heterocycles. The number of methoxy groups -OCH3 is 1. The number of pyridine rings is 1. The van der Waals surface area contributed by atoms with Crippen molar-refractivity contribution in [3.05, 3.63) is 59.7 Å². The first-order valence-electron chi connectivity index (χ1n) is 9.96. The lowest BCUT2D eigenvalue weighted by atomic mass is 10.0. The average Bonchev–Trinajstić information content (AvgIpc) is 3.23. The first-order chi connectivity index (χ1) is 14.6. The van der Waals surface area contributed by atoms with E-state index in [-0.39, 0.29) is 11.9 Å². The molecular formula is C22H25FN6O. The molecule has 0 amide bonds. The molecule has 156 valence electrons. The third-order valence-corrected chi connectivity index (χ3v) is 5.14. The fraction of sp³-hybridized carbons (Fsp3) is 0.318. The molecular weight excluding hydrogens is 383 g/mol. The molecule has 0 aliphatic carbocycles. The van der Waals surface area contributed by atoms with E-state index in [1.807, 2.05) is 12.1 Å². The number of nitrogens with one attached hydrogen (secondary N) is 2. The maximum absolute atomic E-state index is 14.1. The van der Waals surface area contributed by atoms with Crippen molar-refractivity contribution in [3.8, 4) is 0 Å². The zero-order chi connectivity index (χ0) is 21.1. The van der Waals surface area contributed by atoms with E-state index in [4.69, 9.17) is 9.72 Å². The van der Waals surface area contributed by atoms with E-state index in [2.05, 4.69) is 33.7 Å². The Hall–Kier alpha value is -3.26. The van der Waals surface area contributed by atoms with E-state index in [1.165, 1.54) is 6.07 Å². The molecule has 2 N–H and O–H groups in total. The van der Waals surface area contributed by atoms with E-state index in [0.29, 0.717) is 24.2 Å². The van der Waals surface area contributed by atoms with Gasteiger partial charge in [0.1, 0.15) is 17.5 Å². The monoisotopic (exact) mass is 408 g/mol. The van der Waals surface area contributed by atoms with E-state index in [0.717, 1.165) is 34.7 Å². The first kappa shape index (κ1) is 20.0. The Morgan fingerprint density at radius 3 is 2.90 bits per heavy atom. The number of rotatable bonds is 8. The second-order valence-electron chi connectivity index (χ2n) is 7.24. The highest BCUT2D eigenvalue weighted by Crippen LogP contribution is 2.30. The van der Waals surface area contributed by atoms with Gasteiger partial charge < -0.3 is 15.4 Å². The van der Waals surface area contributed by atoms with Gasteiger partial charge in [-0.15, -0.1) is 0 Å². The molecule has 4 aromatic rings. The van der Waals surface area contributed by atoms with Crippen LogP contribution in [0.4, 0.5) is 16.0 Å². The molecule has 0 saturated heterocycles. The minimum Gasteiger partial charge on any atom is -0.385 e. The van der Waals surface area contributed by atoms with Crippen LogP contribution in [0.2, 0.25) is 0 Å². The number of benzene rings is 1. The Morgan fingerprint density at radius 2 is 2.07 bits per heavy atom. The van der Waals surface area contributed by atoms with Crippen molar-refractivity contribution >= 4 is 28.2 Å². The Kier molecular flexibility index (Phi) is 5.76. The van der Waals surface area contributed by atoms with Crippen molar-refractivity contribution in [3.63, 3.8) is 0 Å². The summed E-state index contributed by atoms with van der Waals surface area (Å²) in [7, 11) is 1.68. The normalized spacial score (nSPS) is 12.4. The van der Waals surface area contributed by atoms with Crippen LogP contribution in [0, 0.1) is 12.7 Å². The van der Waals surface area contributed by atoms with Gasteiger partial charge in [-0.3, -0.25) is 0 Å². The maximum atomic E-state index is 14.1. The third kappa shape index (κ3) is 3.91. The molecule has 0 saturated carbocycles. The first-order valence-corrected chi connectivity index (χ1v) is 9.96. The van der Waals surface area contributed by atoms with Crippen LogP contribution in [0.3, 0.4) is 0 Å². The van der Waals surface area contributed by atoms with Gasteiger partial charge in [0.05, 0.1) is 17.8 Å². The van der Waals surface area contributed by atoms with Crippen LogP contribution in [0.5, 0.6) is 0 Å². The van der Waals surface area contributed by atoms with Crippen molar-refractivity contribution in [2.75, 3.05) is 30.9 Å². The fourth-order valence-electron chi connectivity index (χ4n) is 3.51. The van der Waals surface area contributed by atoms with Gasteiger partial charge in [0.25, 0.3) is 0 Å². The SMILES string of the molecule is COCCCNc1nc2c(C)c(F)ccc2cc1[C@H](C)Nc1ccnc2ccnn12. The lowest BCUT2D eigenvalue weighted by molar-refractivity contribution is 0.197. The summed E-state index contributed by atoms with van der Waals surface area (Å²) in [5.74, 6) is 1.31. The molecule has 0 fully saturated rings. The van der Waals surface area contributed by atoms with Gasteiger partial charge in [0.15, 0.2) is 5.65 Å². The molecule has 0 aliphatic rings. The molecule has 0 radical (unpaired) electrons. The van der Waals surface area contributed by atoms with Crippen LogP contribution < -0.4 is 10.6 Å². The van der Waals surface area contributed by atoms with E-state index in [9.17, 15) is 4.39 Å². The van der Waals surface area contributed by atoms with E-state index >= 15 is 0 Å². The van der Waals surface area contributed by atoms with Crippen LogP contribution >= 0.6 is 0 Å². The Balaban J connectivity index is 1.71. The molecule has 3 aromatic heterocycles. The van der Waals surface area contributed by atoms with Gasteiger partial charge in [-0.2, -0.15) is 9.61 Å². The molecule has 0 unspecified atom stereocenters. The Morgan fingerprint density at radius 1 is 1.20 bits per heavy atom. The molecule has 1 atom stereocenters. The zero-order valence-corrected chi connectivity index (χ0v) is 17.3. The van der Waals surface area contributed by atoms with Crippen molar-refractivity contribution < 1.29 is 9.13 Å². The highest BCUT2D eigenvalue weighted by Gasteiger charge is 2.17. The van der Waals surface area contributed by atoms with Gasteiger partial charge in [0.2, 0.25) is 0 Å². The van der Waals surface area contributed by atoms with Gasteiger partial charge in [-0.05, 0) is 44.5 Å². The minimum absolute atomic E-state index is 0.0769. The molecule has 8 heteroatoms. The highest BCUT2D eigenvalue weighted by atomic mass is 19.1. The number of nitrogens with zero attached hydrogens (tertiary/aromatic N) is 4. The number of hydrogen-bond donors (Lipinski definition) is 2. The Labute approximate surface area is 174 Å². The summed E-state index contributed by atoms with van der Waals surface area (Å²) in [6, 6.07) is 8.99. The van der Waals surface area contributed by atoms with E-state index < -0.39 is 0 Å². The van der Waals surface area contributed by atoms with Gasteiger partial charge in [0, 0.05) is 49.0 Å². The number of aromatic nitrogens is 4. The summed E-state index contributed by atoms with van der Waals surface area (Å²) in [4.78, 5) is 9.09. The number of ether oxygens (including phenoxy) is 1. The fourth-order valence-corrected chi connectivity index (χ4v) is 3.51. The van der Waals surface area contributed by atoms with Crippen molar-refractivity contribution in [1.82, 2.24) is 19.6 Å². The second-order valence-corrected chi connectivity index (χ2v) is 7.24. The molecule has 1 aromatic carbocycles. The maximum Gasteiger partial charge on any atom is 0.157 e. The summed E-state index contributed by atoms with van der Waals surface area (Å²) < 4.78 is 21.0. The zero-order valence-electron chi connectivity index (χ0n) is 17.3. The number of fused-ring (bicyclic) bond motifs is 2. The molecule has 0 bridgehead atoms. The summed E-state index contributed by atoms with van der Waals surface area (Å²) in [6.07, 6.45) is 4.31. The molecule has 7 nitrogen and oxygen atoms in total. The van der Waals surface area contributed by atoms with Crippen molar-refractivity contribution in [1.29, 1.82) is 0 Å².